The number of amides is 1. The SMILES string of the molecule is CC1NC(c2ccsc2)N(CC2C(C)(C)C2(C)C)C1=O. The molecule has 2 heterocycles. The molecule has 1 saturated carbocycles. The maximum atomic E-state index is 12.5. The highest BCUT2D eigenvalue weighted by atomic mass is 32.1. The molecule has 0 spiro atoms. The molecule has 4 heteroatoms. The number of hydrogen-bond acceptors (Lipinski definition) is 3. The van der Waals surface area contributed by atoms with Gasteiger partial charge in [-0.25, -0.2) is 0 Å². The molecule has 1 aromatic rings. The van der Waals surface area contributed by atoms with Crippen LogP contribution in [0.15, 0.2) is 16.8 Å². The summed E-state index contributed by atoms with van der Waals surface area (Å²) < 4.78 is 0. The number of nitrogens with zero attached hydrogens (tertiary/aromatic N) is 1. The second kappa shape index (κ2) is 4.31. The molecule has 3 nitrogen and oxygen atoms in total. The van der Waals surface area contributed by atoms with E-state index < -0.39 is 0 Å². The van der Waals surface area contributed by atoms with Crippen LogP contribution in [-0.2, 0) is 4.79 Å². The highest BCUT2D eigenvalue weighted by Crippen LogP contribution is 2.68. The molecule has 20 heavy (non-hydrogen) atoms. The lowest BCUT2D eigenvalue weighted by Crippen LogP contribution is -2.33. The van der Waals surface area contributed by atoms with Crippen LogP contribution in [0.25, 0.3) is 0 Å². The summed E-state index contributed by atoms with van der Waals surface area (Å²) >= 11 is 1.69. The minimum Gasteiger partial charge on any atom is -0.321 e. The fourth-order valence-electron chi connectivity index (χ4n) is 3.66. The normalized spacial score (nSPS) is 31.9. The summed E-state index contributed by atoms with van der Waals surface area (Å²) in [5.41, 5.74) is 1.85. The van der Waals surface area contributed by atoms with E-state index in [0.717, 1.165) is 6.54 Å². The summed E-state index contributed by atoms with van der Waals surface area (Å²) in [4.78, 5) is 14.5. The van der Waals surface area contributed by atoms with E-state index in [0.29, 0.717) is 16.7 Å². The Labute approximate surface area is 125 Å². The van der Waals surface area contributed by atoms with Gasteiger partial charge in [-0.15, -0.1) is 0 Å². The van der Waals surface area contributed by atoms with Gasteiger partial charge in [0.1, 0.15) is 6.17 Å². The van der Waals surface area contributed by atoms with Crippen molar-refractivity contribution < 1.29 is 4.79 Å². The molecule has 2 atom stereocenters. The summed E-state index contributed by atoms with van der Waals surface area (Å²) in [5.74, 6) is 0.812. The summed E-state index contributed by atoms with van der Waals surface area (Å²) in [6.45, 7) is 12.1. The Balaban J connectivity index is 1.82. The van der Waals surface area contributed by atoms with Crippen LogP contribution in [0.3, 0.4) is 0 Å². The number of carbonyl (C=O) groups excluding carboxylic acids is 1. The van der Waals surface area contributed by atoms with Gasteiger partial charge in [-0.05, 0) is 46.1 Å². The van der Waals surface area contributed by atoms with Crippen molar-refractivity contribution in [2.75, 3.05) is 6.54 Å². The van der Waals surface area contributed by atoms with Crippen molar-refractivity contribution in [1.29, 1.82) is 0 Å². The van der Waals surface area contributed by atoms with Crippen LogP contribution in [0.4, 0.5) is 0 Å². The van der Waals surface area contributed by atoms with Crippen molar-refractivity contribution in [3.8, 4) is 0 Å². The van der Waals surface area contributed by atoms with Crippen LogP contribution in [0, 0.1) is 16.7 Å². The minimum absolute atomic E-state index is 0.0518. The maximum absolute atomic E-state index is 12.5. The van der Waals surface area contributed by atoms with E-state index in [9.17, 15) is 4.79 Å². The average Bonchev–Trinajstić information content (AvgIpc) is 2.83. The summed E-state index contributed by atoms with van der Waals surface area (Å²) in [7, 11) is 0. The van der Waals surface area contributed by atoms with Gasteiger partial charge in [0.15, 0.2) is 0 Å². The first kappa shape index (κ1) is 14.1. The third-order valence-corrected chi connectivity index (χ3v) is 6.63. The number of nitrogens with one attached hydrogen (secondary N) is 1. The molecule has 0 bridgehead atoms. The van der Waals surface area contributed by atoms with Crippen molar-refractivity contribution in [2.24, 2.45) is 16.7 Å². The molecule has 110 valence electrons. The third-order valence-electron chi connectivity index (χ3n) is 5.93. The number of rotatable bonds is 3. The predicted octanol–water partition coefficient (Wildman–Crippen LogP) is 3.25. The molecule has 1 N–H and O–H groups in total. The minimum atomic E-state index is -0.0788. The van der Waals surface area contributed by atoms with E-state index in [-0.39, 0.29) is 18.1 Å². The van der Waals surface area contributed by atoms with Crippen LogP contribution >= 0.6 is 11.3 Å². The van der Waals surface area contributed by atoms with Crippen LogP contribution in [0.1, 0.15) is 46.3 Å². The van der Waals surface area contributed by atoms with E-state index in [4.69, 9.17) is 0 Å². The molecule has 1 aromatic heterocycles. The van der Waals surface area contributed by atoms with Gasteiger partial charge in [0.2, 0.25) is 5.91 Å². The zero-order valence-electron chi connectivity index (χ0n) is 12.9. The fraction of sp³-hybridized carbons (Fsp3) is 0.688. The Bertz CT molecular complexity index is 507. The lowest BCUT2D eigenvalue weighted by atomic mass is 10.0. The molecule has 1 amide bonds. The third kappa shape index (κ3) is 1.85. The highest BCUT2D eigenvalue weighted by molar-refractivity contribution is 7.07. The molecular formula is C16H24N2OS. The van der Waals surface area contributed by atoms with Crippen LogP contribution in [0.2, 0.25) is 0 Å². The number of carbonyl (C=O) groups is 1. The van der Waals surface area contributed by atoms with Gasteiger partial charge in [-0.2, -0.15) is 11.3 Å². The largest absolute Gasteiger partial charge is 0.321 e. The zero-order chi connectivity index (χ0) is 14.7. The smallest absolute Gasteiger partial charge is 0.241 e. The molecule has 2 fully saturated rings. The lowest BCUT2D eigenvalue weighted by molar-refractivity contribution is -0.130. The van der Waals surface area contributed by atoms with E-state index >= 15 is 0 Å². The van der Waals surface area contributed by atoms with Gasteiger partial charge in [0, 0.05) is 6.54 Å². The molecule has 0 radical (unpaired) electrons. The fourth-order valence-corrected chi connectivity index (χ4v) is 4.34. The monoisotopic (exact) mass is 292 g/mol. The van der Waals surface area contributed by atoms with E-state index in [1.807, 2.05) is 11.8 Å². The van der Waals surface area contributed by atoms with E-state index in [1.54, 1.807) is 11.3 Å². The lowest BCUT2D eigenvalue weighted by Gasteiger charge is -2.24. The first-order valence-electron chi connectivity index (χ1n) is 7.35. The first-order valence-corrected chi connectivity index (χ1v) is 8.29. The van der Waals surface area contributed by atoms with Crippen LogP contribution in [-0.4, -0.2) is 23.4 Å². The van der Waals surface area contributed by atoms with Gasteiger partial charge in [-0.3, -0.25) is 10.1 Å². The average molecular weight is 292 g/mol. The quantitative estimate of drug-likeness (QED) is 0.927. The molecule has 2 aliphatic rings. The molecule has 1 saturated heterocycles. The van der Waals surface area contributed by atoms with Gasteiger partial charge >= 0.3 is 0 Å². The Morgan fingerprint density at radius 3 is 2.45 bits per heavy atom. The molecule has 2 unspecified atom stereocenters. The predicted molar refractivity (Wildman–Crippen MR) is 82.4 cm³/mol. The van der Waals surface area contributed by atoms with E-state index in [2.05, 4.69) is 49.8 Å². The topological polar surface area (TPSA) is 32.3 Å². The Kier molecular flexibility index (Phi) is 3.04. The number of hydrogen-bond donors (Lipinski definition) is 1. The van der Waals surface area contributed by atoms with Crippen molar-refractivity contribution in [3.05, 3.63) is 22.4 Å². The molecule has 3 rings (SSSR count). The van der Waals surface area contributed by atoms with Crippen molar-refractivity contribution in [1.82, 2.24) is 10.2 Å². The van der Waals surface area contributed by atoms with Crippen molar-refractivity contribution in [3.63, 3.8) is 0 Å². The molecule has 1 aliphatic heterocycles. The summed E-state index contributed by atoms with van der Waals surface area (Å²) in [6, 6.07) is 2.04. The molecular weight excluding hydrogens is 268 g/mol. The van der Waals surface area contributed by atoms with Crippen LogP contribution < -0.4 is 5.32 Å². The van der Waals surface area contributed by atoms with Crippen molar-refractivity contribution in [2.45, 2.75) is 46.8 Å². The summed E-state index contributed by atoms with van der Waals surface area (Å²) in [6.07, 6.45) is 0.0518. The van der Waals surface area contributed by atoms with Gasteiger partial charge < -0.3 is 4.90 Å². The Morgan fingerprint density at radius 2 is 1.95 bits per heavy atom. The maximum Gasteiger partial charge on any atom is 0.241 e. The zero-order valence-corrected chi connectivity index (χ0v) is 13.8. The standard InChI is InChI=1S/C16H24N2OS/c1-10-14(19)18(8-12-15(2,3)16(12,4)5)13(17-10)11-6-7-20-9-11/h6-7,9-10,12-13,17H,8H2,1-5H3. The first-order chi connectivity index (χ1) is 9.26. The second-order valence-electron chi connectivity index (χ2n) is 7.33. The Morgan fingerprint density at radius 1 is 1.30 bits per heavy atom. The van der Waals surface area contributed by atoms with Gasteiger partial charge in [0.25, 0.3) is 0 Å². The van der Waals surface area contributed by atoms with Gasteiger partial charge in [-0.1, -0.05) is 27.7 Å². The molecule has 1 aliphatic carbocycles. The van der Waals surface area contributed by atoms with Crippen LogP contribution in [0.5, 0.6) is 0 Å². The van der Waals surface area contributed by atoms with Gasteiger partial charge in [0.05, 0.1) is 6.04 Å². The Hall–Kier alpha value is -0.870. The summed E-state index contributed by atoms with van der Waals surface area (Å²) in [5, 5.41) is 7.64. The van der Waals surface area contributed by atoms with Crippen molar-refractivity contribution >= 4 is 17.2 Å². The molecule has 0 aromatic carbocycles. The number of thiophene rings is 1. The highest BCUT2D eigenvalue weighted by Gasteiger charge is 2.65. The van der Waals surface area contributed by atoms with E-state index in [1.165, 1.54) is 5.56 Å². The second-order valence-corrected chi connectivity index (χ2v) is 8.11.